The zero-order valence-corrected chi connectivity index (χ0v) is 11.9. The second-order valence-electron chi connectivity index (χ2n) is 4.99. The van der Waals surface area contributed by atoms with Gasteiger partial charge in [-0.1, -0.05) is 91.0 Å². The first-order valence-corrected chi connectivity index (χ1v) is 6.79. The van der Waals surface area contributed by atoms with E-state index in [4.69, 9.17) is 0 Å². The van der Waals surface area contributed by atoms with E-state index in [2.05, 4.69) is 91.0 Å². The minimum atomic E-state index is -0.662. The van der Waals surface area contributed by atoms with Gasteiger partial charge < -0.3 is 0 Å². The van der Waals surface area contributed by atoms with E-state index in [0.29, 0.717) is 0 Å². The van der Waals surface area contributed by atoms with Crippen molar-refractivity contribution in [3.8, 4) is 0 Å². The van der Waals surface area contributed by atoms with Gasteiger partial charge in [0, 0.05) is 0 Å². The third kappa shape index (κ3) is 3.25. The maximum atomic E-state index is 2.24. The quantitative estimate of drug-likeness (QED) is 0.520. The van der Waals surface area contributed by atoms with Crippen LogP contribution >= 0.6 is 0 Å². The van der Waals surface area contributed by atoms with E-state index in [1.165, 1.54) is 16.4 Å². The van der Waals surface area contributed by atoms with Crippen molar-refractivity contribution in [3.63, 3.8) is 0 Å². The molecule has 0 atom stereocenters. The standard InChI is InChI=1S/C18H16B.Li/c1-4-10-16(11-5-1)19(17-12-6-2-7-13-17)18-14-8-3-9-15-18;/h1-15,19H;/q-1;+1. The molecule has 0 aliphatic heterocycles. The molecule has 3 rings (SSSR count). The van der Waals surface area contributed by atoms with E-state index < -0.39 is 6.71 Å². The molecule has 0 aromatic heterocycles. The van der Waals surface area contributed by atoms with Crippen molar-refractivity contribution in [1.29, 1.82) is 0 Å². The van der Waals surface area contributed by atoms with Crippen molar-refractivity contribution >= 4 is 23.1 Å². The average molecular weight is 250 g/mol. The van der Waals surface area contributed by atoms with Gasteiger partial charge in [-0.05, 0) is 0 Å². The molecule has 0 aliphatic rings. The minimum absolute atomic E-state index is 0. The van der Waals surface area contributed by atoms with Crippen LogP contribution in [0.4, 0.5) is 0 Å². The monoisotopic (exact) mass is 250 g/mol. The molecule has 0 nitrogen and oxygen atoms in total. The molecule has 92 valence electrons. The molecule has 3 aromatic carbocycles. The molecule has 0 bridgehead atoms. The van der Waals surface area contributed by atoms with Gasteiger partial charge in [0.1, 0.15) is 0 Å². The summed E-state index contributed by atoms with van der Waals surface area (Å²) in [5, 5.41) is 0. The fourth-order valence-corrected chi connectivity index (χ4v) is 2.85. The Morgan fingerprint density at radius 3 is 0.900 bits per heavy atom. The number of rotatable bonds is 3. The van der Waals surface area contributed by atoms with Crippen LogP contribution < -0.4 is 35.2 Å². The van der Waals surface area contributed by atoms with Crippen molar-refractivity contribution in [2.24, 2.45) is 0 Å². The molecule has 0 spiro atoms. The average Bonchev–Trinajstić information content (AvgIpc) is 2.51. The Hall–Kier alpha value is -1.68. The van der Waals surface area contributed by atoms with Crippen LogP contribution in [0.25, 0.3) is 0 Å². The first-order chi connectivity index (χ1) is 9.45. The van der Waals surface area contributed by atoms with Crippen LogP contribution in [0.1, 0.15) is 0 Å². The number of benzene rings is 3. The third-order valence-electron chi connectivity index (χ3n) is 3.75. The Morgan fingerprint density at radius 2 is 0.650 bits per heavy atom. The molecule has 0 saturated carbocycles. The van der Waals surface area contributed by atoms with Gasteiger partial charge in [0.05, 0.1) is 6.71 Å². The van der Waals surface area contributed by atoms with Gasteiger partial charge in [-0.3, -0.25) is 0 Å². The maximum Gasteiger partial charge on any atom is 1.00 e. The van der Waals surface area contributed by atoms with Crippen molar-refractivity contribution in [2.45, 2.75) is 0 Å². The SMILES string of the molecule is [Li+].c1ccc([BH-](c2ccccc2)c2ccccc2)cc1. The predicted molar refractivity (Wildman–Crippen MR) is 85.4 cm³/mol. The summed E-state index contributed by atoms with van der Waals surface area (Å²) in [4.78, 5) is 0. The van der Waals surface area contributed by atoms with Crippen LogP contribution in [0.2, 0.25) is 0 Å². The Kier molecular flexibility index (Phi) is 5.30. The summed E-state index contributed by atoms with van der Waals surface area (Å²) in [5.74, 6) is 0. The Labute approximate surface area is 133 Å². The van der Waals surface area contributed by atoms with E-state index >= 15 is 0 Å². The van der Waals surface area contributed by atoms with E-state index in [-0.39, 0.29) is 18.9 Å². The first kappa shape index (κ1) is 14.7. The molecule has 0 aliphatic carbocycles. The zero-order valence-electron chi connectivity index (χ0n) is 11.9. The molecular formula is C18H16BLi. The minimum Gasteiger partial charge on any atom is -0.203 e. The smallest absolute Gasteiger partial charge is 0.203 e. The summed E-state index contributed by atoms with van der Waals surface area (Å²) in [7, 11) is 0. The number of hydrogen-bond donors (Lipinski definition) is 0. The van der Waals surface area contributed by atoms with Crippen LogP contribution in [0.3, 0.4) is 0 Å². The zero-order chi connectivity index (χ0) is 12.9. The van der Waals surface area contributed by atoms with Crippen LogP contribution in [0.5, 0.6) is 0 Å². The predicted octanol–water partition coefficient (Wildman–Crippen LogP) is -1.06. The summed E-state index contributed by atoms with van der Waals surface area (Å²) >= 11 is 0. The van der Waals surface area contributed by atoms with Crippen LogP contribution in [0.15, 0.2) is 91.0 Å². The van der Waals surface area contributed by atoms with E-state index in [0.717, 1.165) is 0 Å². The van der Waals surface area contributed by atoms with Crippen LogP contribution in [-0.4, -0.2) is 6.71 Å². The summed E-state index contributed by atoms with van der Waals surface area (Å²) in [6.07, 6.45) is 0. The van der Waals surface area contributed by atoms with E-state index in [1.54, 1.807) is 0 Å². The molecule has 0 heterocycles. The van der Waals surface area contributed by atoms with Crippen molar-refractivity contribution in [3.05, 3.63) is 91.0 Å². The molecule has 0 fully saturated rings. The maximum absolute atomic E-state index is 2.24. The van der Waals surface area contributed by atoms with Crippen molar-refractivity contribution in [2.75, 3.05) is 0 Å². The summed E-state index contributed by atoms with van der Waals surface area (Å²) in [5.41, 5.74) is 4.25. The van der Waals surface area contributed by atoms with Gasteiger partial charge in [-0.2, -0.15) is 0 Å². The Bertz CT molecular complexity index is 529. The van der Waals surface area contributed by atoms with E-state index in [1.807, 2.05) is 0 Å². The molecular weight excluding hydrogens is 234 g/mol. The van der Waals surface area contributed by atoms with Gasteiger partial charge in [-0.15, -0.1) is 0 Å². The molecule has 20 heavy (non-hydrogen) atoms. The van der Waals surface area contributed by atoms with Gasteiger partial charge in [-0.25, -0.2) is 16.4 Å². The largest absolute Gasteiger partial charge is 1.00 e. The second kappa shape index (κ2) is 7.20. The Balaban J connectivity index is 0.00000147. The molecule has 0 saturated heterocycles. The molecule has 0 radical (unpaired) electrons. The molecule has 3 aromatic rings. The first-order valence-electron chi connectivity index (χ1n) is 6.79. The van der Waals surface area contributed by atoms with Gasteiger partial charge in [0.25, 0.3) is 0 Å². The van der Waals surface area contributed by atoms with E-state index in [9.17, 15) is 0 Å². The fraction of sp³-hybridized carbons (Fsp3) is 0. The molecule has 0 amide bonds. The summed E-state index contributed by atoms with van der Waals surface area (Å²) in [6, 6.07) is 32.4. The van der Waals surface area contributed by atoms with Crippen LogP contribution in [0, 0.1) is 0 Å². The normalized spacial score (nSPS) is 10.1. The van der Waals surface area contributed by atoms with Gasteiger partial charge in [0.15, 0.2) is 0 Å². The van der Waals surface area contributed by atoms with Crippen molar-refractivity contribution in [1.82, 2.24) is 0 Å². The summed E-state index contributed by atoms with van der Waals surface area (Å²) < 4.78 is 0. The Morgan fingerprint density at radius 1 is 0.400 bits per heavy atom. The molecule has 0 unspecified atom stereocenters. The second-order valence-corrected chi connectivity index (χ2v) is 4.99. The van der Waals surface area contributed by atoms with Crippen molar-refractivity contribution < 1.29 is 18.9 Å². The topological polar surface area (TPSA) is 0 Å². The number of hydrogen-bond acceptors (Lipinski definition) is 0. The third-order valence-corrected chi connectivity index (χ3v) is 3.75. The van der Waals surface area contributed by atoms with Gasteiger partial charge in [0.2, 0.25) is 0 Å². The fourth-order valence-electron chi connectivity index (χ4n) is 2.85. The van der Waals surface area contributed by atoms with Crippen LogP contribution in [-0.2, 0) is 0 Å². The molecule has 0 N–H and O–H groups in total. The van der Waals surface area contributed by atoms with Gasteiger partial charge >= 0.3 is 18.9 Å². The summed E-state index contributed by atoms with van der Waals surface area (Å²) in [6.45, 7) is -0.662. The molecule has 2 heteroatoms.